The lowest BCUT2D eigenvalue weighted by Crippen LogP contribution is -2.42. The van der Waals surface area contributed by atoms with Crippen LogP contribution in [0.3, 0.4) is 0 Å². The summed E-state index contributed by atoms with van der Waals surface area (Å²) in [7, 11) is 0. The van der Waals surface area contributed by atoms with Crippen molar-refractivity contribution in [3.8, 4) is 5.69 Å². The molecule has 1 aliphatic rings. The van der Waals surface area contributed by atoms with E-state index in [4.69, 9.17) is 4.74 Å². The molecule has 7 nitrogen and oxygen atoms in total. The van der Waals surface area contributed by atoms with Gasteiger partial charge in [0, 0.05) is 13.2 Å². The number of aromatic nitrogens is 4. The average molecular weight is 431 g/mol. The lowest BCUT2D eigenvalue weighted by atomic mass is 10.1. The molecule has 1 atom stereocenters. The van der Waals surface area contributed by atoms with E-state index in [0.717, 1.165) is 35.2 Å². The largest absolute Gasteiger partial charge is 0.376 e. The standard InChI is InChI=1S/C25H26N4O3/c1-17-8-3-5-10-19(17)14-27-16-26-23-22(27)24(30)28(15-20-11-7-13-32-20)25(31)29(23)21-12-6-4-9-18(21)2/h3-6,8-10,12,16,20H,7,11,13-15H2,1-2H3/t20-/m1/s1. The lowest BCUT2D eigenvalue weighted by Gasteiger charge is -2.16. The van der Waals surface area contributed by atoms with Gasteiger partial charge in [0.25, 0.3) is 5.56 Å². The first-order chi connectivity index (χ1) is 15.5. The van der Waals surface area contributed by atoms with E-state index in [0.29, 0.717) is 24.3 Å². The molecule has 3 heterocycles. The van der Waals surface area contributed by atoms with Crippen LogP contribution < -0.4 is 11.2 Å². The number of ether oxygens (including phenoxy) is 1. The minimum absolute atomic E-state index is 0.129. The van der Waals surface area contributed by atoms with Crippen molar-refractivity contribution in [2.24, 2.45) is 0 Å². The van der Waals surface area contributed by atoms with Crippen LogP contribution in [0.15, 0.2) is 64.4 Å². The van der Waals surface area contributed by atoms with Crippen LogP contribution in [0.4, 0.5) is 0 Å². The molecular weight excluding hydrogens is 404 g/mol. The Bertz CT molecular complexity index is 1410. The Hall–Kier alpha value is -3.45. The highest BCUT2D eigenvalue weighted by atomic mass is 16.5. The van der Waals surface area contributed by atoms with E-state index < -0.39 is 0 Å². The molecular formula is C25H26N4O3. The number of hydrogen-bond donors (Lipinski definition) is 0. The monoisotopic (exact) mass is 430 g/mol. The number of hydrogen-bond acceptors (Lipinski definition) is 4. The van der Waals surface area contributed by atoms with Crippen molar-refractivity contribution < 1.29 is 4.74 Å². The maximum atomic E-state index is 13.6. The number of fused-ring (bicyclic) bond motifs is 1. The molecule has 0 unspecified atom stereocenters. The summed E-state index contributed by atoms with van der Waals surface area (Å²) in [4.78, 5) is 31.7. The van der Waals surface area contributed by atoms with Crippen molar-refractivity contribution in [3.63, 3.8) is 0 Å². The summed E-state index contributed by atoms with van der Waals surface area (Å²) in [5.41, 5.74) is 4.01. The second-order valence-corrected chi connectivity index (χ2v) is 8.43. The molecule has 4 aromatic rings. The third-order valence-corrected chi connectivity index (χ3v) is 6.27. The molecule has 2 aromatic heterocycles. The maximum Gasteiger partial charge on any atom is 0.337 e. The number of imidazole rings is 1. The van der Waals surface area contributed by atoms with Crippen molar-refractivity contribution in [1.82, 2.24) is 18.7 Å². The van der Waals surface area contributed by atoms with E-state index in [-0.39, 0.29) is 23.9 Å². The van der Waals surface area contributed by atoms with Crippen LogP contribution in [0, 0.1) is 13.8 Å². The summed E-state index contributed by atoms with van der Waals surface area (Å²) in [6.45, 7) is 5.42. The van der Waals surface area contributed by atoms with Gasteiger partial charge >= 0.3 is 5.69 Å². The number of aryl methyl sites for hydroxylation is 2. The Morgan fingerprint density at radius 2 is 1.78 bits per heavy atom. The fourth-order valence-corrected chi connectivity index (χ4v) is 4.46. The second kappa shape index (κ2) is 8.24. The van der Waals surface area contributed by atoms with Crippen LogP contribution in [0.25, 0.3) is 16.9 Å². The van der Waals surface area contributed by atoms with Crippen LogP contribution in [0.5, 0.6) is 0 Å². The van der Waals surface area contributed by atoms with Gasteiger partial charge in [-0.1, -0.05) is 42.5 Å². The van der Waals surface area contributed by atoms with Gasteiger partial charge in [-0.3, -0.25) is 9.36 Å². The smallest absolute Gasteiger partial charge is 0.337 e. The van der Waals surface area contributed by atoms with Crippen molar-refractivity contribution in [3.05, 3.63) is 92.4 Å². The van der Waals surface area contributed by atoms with Crippen LogP contribution in [0.2, 0.25) is 0 Å². The van der Waals surface area contributed by atoms with E-state index in [9.17, 15) is 9.59 Å². The molecule has 32 heavy (non-hydrogen) atoms. The third kappa shape index (κ3) is 3.48. The molecule has 0 bridgehead atoms. The molecule has 5 rings (SSSR count). The highest BCUT2D eigenvalue weighted by Gasteiger charge is 2.24. The van der Waals surface area contributed by atoms with Gasteiger partial charge in [0.15, 0.2) is 11.2 Å². The van der Waals surface area contributed by atoms with Crippen LogP contribution >= 0.6 is 0 Å². The first-order valence-corrected chi connectivity index (χ1v) is 11.0. The van der Waals surface area contributed by atoms with Crippen LogP contribution in [0.1, 0.15) is 29.5 Å². The Kier molecular flexibility index (Phi) is 5.27. The Labute approximate surface area is 185 Å². The van der Waals surface area contributed by atoms with E-state index in [1.54, 1.807) is 10.9 Å². The molecule has 1 saturated heterocycles. The van der Waals surface area contributed by atoms with E-state index in [1.165, 1.54) is 4.57 Å². The molecule has 1 fully saturated rings. The highest BCUT2D eigenvalue weighted by Crippen LogP contribution is 2.19. The van der Waals surface area contributed by atoms with Crippen molar-refractivity contribution in [1.29, 1.82) is 0 Å². The number of para-hydroxylation sites is 1. The predicted octanol–water partition coefficient (Wildman–Crippen LogP) is 3.19. The van der Waals surface area contributed by atoms with Crippen molar-refractivity contribution in [2.45, 2.75) is 45.9 Å². The van der Waals surface area contributed by atoms with Gasteiger partial charge in [0.2, 0.25) is 0 Å². The minimum atomic E-state index is -0.381. The number of nitrogens with zero attached hydrogens (tertiary/aromatic N) is 4. The average Bonchev–Trinajstić information content (AvgIpc) is 3.44. The minimum Gasteiger partial charge on any atom is -0.376 e. The summed E-state index contributed by atoms with van der Waals surface area (Å²) in [6, 6.07) is 15.7. The predicted molar refractivity (Wildman–Crippen MR) is 124 cm³/mol. The number of rotatable bonds is 5. The molecule has 0 spiro atoms. The molecule has 0 radical (unpaired) electrons. The zero-order chi connectivity index (χ0) is 22.2. The van der Waals surface area contributed by atoms with Gasteiger partial charge < -0.3 is 9.30 Å². The zero-order valence-electron chi connectivity index (χ0n) is 18.3. The first kappa shape index (κ1) is 20.5. The Morgan fingerprint density at radius 1 is 1.03 bits per heavy atom. The quantitative estimate of drug-likeness (QED) is 0.488. The van der Waals surface area contributed by atoms with E-state index in [1.807, 2.05) is 66.9 Å². The van der Waals surface area contributed by atoms with E-state index >= 15 is 0 Å². The molecule has 0 aliphatic carbocycles. The molecule has 164 valence electrons. The molecule has 0 amide bonds. The summed E-state index contributed by atoms with van der Waals surface area (Å²) < 4.78 is 10.5. The van der Waals surface area contributed by atoms with Gasteiger partial charge in [-0.05, 0) is 49.4 Å². The summed E-state index contributed by atoms with van der Waals surface area (Å²) in [5.74, 6) is 0. The Balaban J connectivity index is 1.76. The van der Waals surface area contributed by atoms with Gasteiger partial charge in [-0.25, -0.2) is 14.3 Å². The molecule has 7 heteroatoms. The first-order valence-electron chi connectivity index (χ1n) is 11.0. The topological polar surface area (TPSA) is 71.1 Å². The number of benzene rings is 2. The molecule has 1 aliphatic heterocycles. The van der Waals surface area contributed by atoms with Gasteiger partial charge in [-0.2, -0.15) is 0 Å². The summed E-state index contributed by atoms with van der Waals surface area (Å²) in [5, 5.41) is 0. The maximum absolute atomic E-state index is 13.6. The molecule has 0 saturated carbocycles. The molecule has 2 aromatic carbocycles. The summed E-state index contributed by atoms with van der Waals surface area (Å²) in [6.07, 6.45) is 3.31. The lowest BCUT2D eigenvalue weighted by molar-refractivity contribution is 0.0950. The van der Waals surface area contributed by atoms with Crippen LogP contribution in [-0.4, -0.2) is 31.4 Å². The third-order valence-electron chi connectivity index (χ3n) is 6.27. The fourth-order valence-electron chi connectivity index (χ4n) is 4.46. The van der Waals surface area contributed by atoms with Crippen molar-refractivity contribution in [2.75, 3.05) is 6.61 Å². The molecule has 0 N–H and O–H groups in total. The van der Waals surface area contributed by atoms with Gasteiger partial charge in [0.05, 0.1) is 24.7 Å². The highest BCUT2D eigenvalue weighted by molar-refractivity contribution is 5.73. The normalized spacial score (nSPS) is 16.1. The van der Waals surface area contributed by atoms with Gasteiger partial charge in [0.1, 0.15) is 0 Å². The van der Waals surface area contributed by atoms with E-state index in [2.05, 4.69) is 4.98 Å². The fraction of sp³-hybridized carbons (Fsp3) is 0.320. The van der Waals surface area contributed by atoms with Crippen LogP contribution in [-0.2, 0) is 17.8 Å². The summed E-state index contributed by atoms with van der Waals surface area (Å²) >= 11 is 0. The van der Waals surface area contributed by atoms with Crippen molar-refractivity contribution >= 4 is 11.2 Å². The van der Waals surface area contributed by atoms with Gasteiger partial charge in [-0.15, -0.1) is 0 Å². The second-order valence-electron chi connectivity index (χ2n) is 8.43. The SMILES string of the molecule is Cc1ccccc1Cn1cnc2c1c(=O)n(C[C@H]1CCCO1)c(=O)n2-c1ccccc1C. The Morgan fingerprint density at radius 3 is 2.50 bits per heavy atom. The zero-order valence-corrected chi connectivity index (χ0v) is 18.3.